The zero-order chi connectivity index (χ0) is 12.0. The van der Waals surface area contributed by atoms with Crippen molar-refractivity contribution in [3.05, 3.63) is 0 Å². The molecule has 0 aromatic heterocycles. The van der Waals surface area contributed by atoms with Gasteiger partial charge in [0.15, 0.2) is 5.78 Å². The number of carbonyl (C=O) groups is 1. The van der Waals surface area contributed by atoms with Gasteiger partial charge in [-0.05, 0) is 44.8 Å². The van der Waals surface area contributed by atoms with Gasteiger partial charge in [0.2, 0.25) is 0 Å². The molecule has 1 aliphatic rings. The first-order chi connectivity index (χ1) is 7.65. The summed E-state index contributed by atoms with van der Waals surface area (Å²) in [4.78, 5) is 12.0. The van der Waals surface area contributed by atoms with E-state index in [0.29, 0.717) is 11.7 Å². The highest BCUT2D eigenvalue weighted by molar-refractivity contribution is 5.85. The molecule has 0 bridgehead atoms. The standard InChI is InChI=1S/C13H26N2O/c1-4-15-12(13(16)10(2)3)9-11-5-7-14-8-6-11/h10-12,14-15H,4-9H2,1-3H3. The van der Waals surface area contributed by atoms with Crippen molar-refractivity contribution < 1.29 is 4.79 Å². The van der Waals surface area contributed by atoms with E-state index >= 15 is 0 Å². The lowest BCUT2D eigenvalue weighted by atomic mass is 9.87. The first kappa shape index (κ1) is 13.7. The molecule has 0 amide bonds. The maximum atomic E-state index is 12.0. The maximum Gasteiger partial charge on any atom is 0.152 e. The number of Topliss-reactive ketones (excluding diaryl/α,β-unsaturated/α-hetero) is 1. The Balaban J connectivity index is 2.45. The quantitative estimate of drug-likeness (QED) is 0.722. The molecule has 0 radical (unpaired) electrons. The first-order valence-corrected chi connectivity index (χ1v) is 6.63. The van der Waals surface area contributed by atoms with Crippen molar-refractivity contribution in [2.45, 2.75) is 46.1 Å². The van der Waals surface area contributed by atoms with Crippen LogP contribution in [0.3, 0.4) is 0 Å². The Bertz CT molecular complexity index is 210. The molecule has 0 spiro atoms. The number of hydrogen-bond acceptors (Lipinski definition) is 3. The van der Waals surface area contributed by atoms with Gasteiger partial charge in [0, 0.05) is 5.92 Å². The van der Waals surface area contributed by atoms with Gasteiger partial charge in [0.1, 0.15) is 0 Å². The smallest absolute Gasteiger partial charge is 0.152 e. The molecule has 1 fully saturated rings. The Morgan fingerprint density at radius 1 is 1.38 bits per heavy atom. The minimum Gasteiger partial charge on any atom is -0.317 e. The fourth-order valence-electron chi connectivity index (χ4n) is 2.40. The molecular weight excluding hydrogens is 200 g/mol. The van der Waals surface area contributed by atoms with Crippen LogP contribution in [0.25, 0.3) is 0 Å². The Morgan fingerprint density at radius 2 is 2.00 bits per heavy atom. The minimum atomic E-state index is 0.0769. The second-order valence-electron chi connectivity index (χ2n) is 5.10. The molecule has 1 saturated heterocycles. The van der Waals surface area contributed by atoms with Crippen LogP contribution in [-0.4, -0.2) is 31.5 Å². The molecule has 1 unspecified atom stereocenters. The highest BCUT2D eigenvalue weighted by Gasteiger charge is 2.24. The van der Waals surface area contributed by atoms with Crippen LogP contribution in [0, 0.1) is 11.8 Å². The van der Waals surface area contributed by atoms with Crippen LogP contribution in [0.2, 0.25) is 0 Å². The summed E-state index contributed by atoms with van der Waals surface area (Å²) >= 11 is 0. The fourth-order valence-corrected chi connectivity index (χ4v) is 2.40. The summed E-state index contributed by atoms with van der Waals surface area (Å²) in [6.07, 6.45) is 3.45. The summed E-state index contributed by atoms with van der Waals surface area (Å²) < 4.78 is 0. The summed E-state index contributed by atoms with van der Waals surface area (Å²) in [7, 11) is 0. The van der Waals surface area contributed by atoms with Gasteiger partial charge < -0.3 is 10.6 Å². The lowest BCUT2D eigenvalue weighted by Crippen LogP contribution is -2.42. The predicted molar refractivity (Wildman–Crippen MR) is 67.5 cm³/mol. The van der Waals surface area contributed by atoms with Gasteiger partial charge in [-0.2, -0.15) is 0 Å². The average molecular weight is 226 g/mol. The fraction of sp³-hybridized carbons (Fsp3) is 0.923. The normalized spacial score (nSPS) is 20.0. The van der Waals surface area contributed by atoms with Crippen LogP contribution >= 0.6 is 0 Å². The number of carbonyl (C=O) groups excluding carboxylic acids is 1. The Labute approximate surface area is 99.4 Å². The molecule has 94 valence electrons. The number of nitrogens with one attached hydrogen (secondary N) is 2. The van der Waals surface area contributed by atoms with Crippen molar-refractivity contribution >= 4 is 5.78 Å². The minimum absolute atomic E-state index is 0.0769. The predicted octanol–water partition coefficient (Wildman–Crippen LogP) is 1.58. The van der Waals surface area contributed by atoms with E-state index in [1.54, 1.807) is 0 Å². The third kappa shape index (κ3) is 4.22. The zero-order valence-electron chi connectivity index (χ0n) is 10.9. The SMILES string of the molecule is CCNC(CC1CCNCC1)C(=O)C(C)C. The molecule has 3 heteroatoms. The molecule has 0 aliphatic carbocycles. The van der Waals surface area contributed by atoms with Gasteiger partial charge in [0.25, 0.3) is 0 Å². The zero-order valence-corrected chi connectivity index (χ0v) is 10.9. The van der Waals surface area contributed by atoms with E-state index in [-0.39, 0.29) is 12.0 Å². The summed E-state index contributed by atoms with van der Waals surface area (Å²) in [5, 5.41) is 6.71. The average Bonchev–Trinajstić information content (AvgIpc) is 2.29. The van der Waals surface area contributed by atoms with Crippen LogP contribution in [-0.2, 0) is 4.79 Å². The second kappa shape index (κ2) is 7.02. The lowest BCUT2D eigenvalue weighted by Gasteiger charge is -2.27. The summed E-state index contributed by atoms with van der Waals surface area (Å²) in [6.45, 7) is 9.17. The molecule has 0 aromatic carbocycles. The third-order valence-electron chi connectivity index (χ3n) is 3.39. The van der Waals surface area contributed by atoms with Gasteiger partial charge in [-0.1, -0.05) is 20.8 Å². The van der Waals surface area contributed by atoms with E-state index < -0.39 is 0 Å². The van der Waals surface area contributed by atoms with E-state index in [1.165, 1.54) is 12.8 Å². The number of hydrogen-bond donors (Lipinski definition) is 2. The largest absolute Gasteiger partial charge is 0.317 e. The summed E-state index contributed by atoms with van der Waals surface area (Å²) in [6, 6.07) is 0.0769. The van der Waals surface area contributed by atoms with Gasteiger partial charge in [-0.25, -0.2) is 0 Å². The first-order valence-electron chi connectivity index (χ1n) is 6.63. The van der Waals surface area contributed by atoms with E-state index in [4.69, 9.17) is 0 Å². The third-order valence-corrected chi connectivity index (χ3v) is 3.39. The van der Waals surface area contributed by atoms with Crippen LogP contribution in [0.15, 0.2) is 0 Å². The van der Waals surface area contributed by atoms with Crippen LogP contribution in [0.5, 0.6) is 0 Å². The number of ketones is 1. The molecule has 0 aromatic rings. The molecular formula is C13H26N2O. The molecule has 3 nitrogen and oxygen atoms in total. The van der Waals surface area contributed by atoms with Crippen LogP contribution in [0.4, 0.5) is 0 Å². The van der Waals surface area contributed by atoms with Crippen molar-refractivity contribution in [2.75, 3.05) is 19.6 Å². The highest BCUT2D eigenvalue weighted by Crippen LogP contribution is 2.19. The van der Waals surface area contributed by atoms with Gasteiger partial charge in [-0.15, -0.1) is 0 Å². The summed E-state index contributed by atoms with van der Waals surface area (Å²) in [5.74, 6) is 1.24. The van der Waals surface area contributed by atoms with Crippen molar-refractivity contribution in [1.29, 1.82) is 0 Å². The Morgan fingerprint density at radius 3 is 2.50 bits per heavy atom. The molecule has 1 atom stereocenters. The molecule has 1 aliphatic heterocycles. The van der Waals surface area contributed by atoms with E-state index in [1.807, 2.05) is 13.8 Å². The Kier molecular flexibility index (Phi) is 5.99. The maximum absolute atomic E-state index is 12.0. The Hall–Kier alpha value is -0.410. The monoisotopic (exact) mass is 226 g/mol. The summed E-state index contributed by atoms with van der Waals surface area (Å²) in [5.41, 5.74) is 0. The number of rotatable bonds is 6. The molecule has 1 rings (SSSR count). The van der Waals surface area contributed by atoms with E-state index in [2.05, 4.69) is 17.6 Å². The van der Waals surface area contributed by atoms with E-state index in [9.17, 15) is 4.79 Å². The van der Waals surface area contributed by atoms with Crippen molar-refractivity contribution in [3.63, 3.8) is 0 Å². The molecule has 1 heterocycles. The van der Waals surface area contributed by atoms with Crippen molar-refractivity contribution in [1.82, 2.24) is 10.6 Å². The highest BCUT2D eigenvalue weighted by atomic mass is 16.1. The van der Waals surface area contributed by atoms with Crippen molar-refractivity contribution in [2.24, 2.45) is 11.8 Å². The lowest BCUT2D eigenvalue weighted by molar-refractivity contribution is -0.124. The molecule has 2 N–H and O–H groups in total. The molecule has 16 heavy (non-hydrogen) atoms. The van der Waals surface area contributed by atoms with Gasteiger partial charge >= 0.3 is 0 Å². The second-order valence-corrected chi connectivity index (χ2v) is 5.10. The van der Waals surface area contributed by atoms with E-state index in [0.717, 1.165) is 26.1 Å². The van der Waals surface area contributed by atoms with Crippen LogP contribution < -0.4 is 10.6 Å². The number of piperidine rings is 1. The topological polar surface area (TPSA) is 41.1 Å². The van der Waals surface area contributed by atoms with Gasteiger partial charge in [0.05, 0.1) is 6.04 Å². The van der Waals surface area contributed by atoms with Gasteiger partial charge in [-0.3, -0.25) is 4.79 Å². The molecule has 0 saturated carbocycles. The van der Waals surface area contributed by atoms with Crippen LogP contribution in [0.1, 0.15) is 40.0 Å². The number of likely N-dealkylation sites (N-methyl/N-ethyl adjacent to an activating group) is 1. The van der Waals surface area contributed by atoms with Crippen molar-refractivity contribution in [3.8, 4) is 0 Å².